The van der Waals surface area contributed by atoms with Gasteiger partial charge in [0.1, 0.15) is 0 Å². The van der Waals surface area contributed by atoms with Crippen LogP contribution < -0.4 is 5.32 Å². The smallest absolute Gasteiger partial charge is 0.272 e. The van der Waals surface area contributed by atoms with Crippen LogP contribution in [-0.4, -0.2) is 31.3 Å². The van der Waals surface area contributed by atoms with Crippen LogP contribution in [0.4, 0.5) is 0 Å². The number of benzene rings is 1. The Morgan fingerprint density at radius 2 is 1.79 bits per heavy atom. The van der Waals surface area contributed by atoms with Crippen molar-refractivity contribution in [1.82, 2.24) is 24.9 Å². The van der Waals surface area contributed by atoms with Gasteiger partial charge in [-0.05, 0) is 31.0 Å². The van der Waals surface area contributed by atoms with E-state index >= 15 is 0 Å². The summed E-state index contributed by atoms with van der Waals surface area (Å²) >= 11 is 0. The molecule has 3 heterocycles. The average Bonchev–Trinajstić information content (AvgIpc) is 3.19. The van der Waals surface area contributed by atoms with Crippen molar-refractivity contribution in [3.05, 3.63) is 95.2 Å². The number of nitrogens with zero attached hydrogens (tertiary/aromatic N) is 4. The summed E-state index contributed by atoms with van der Waals surface area (Å²) in [6.45, 7) is 3.26. The van der Waals surface area contributed by atoms with E-state index in [0.717, 1.165) is 11.1 Å². The van der Waals surface area contributed by atoms with Gasteiger partial charge >= 0.3 is 0 Å². The summed E-state index contributed by atoms with van der Waals surface area (Å²) in [5, 5.41) is 7.40. The predicted molar refractivity (Wildman–Crippen MR) is 108 cm³/mol. The van der Waals surface area contributed by atoms with Crippen LogP contribution in [0.2, 0.25) is 0 Å². The summed E-state index contributed by atoms with van der Waals surface area (Å²) in [5.41, 5.74) is 3.66. The maximum Gasteiger partial charge on any atom is 0.272 e. The monoisotopic (exact) mass is 385 g/mol. The lowest BCUT2D eigenvalue weighted by Crippen LogP contribution is -2.29. The van der Waals surface area contributed by atoms with E-state index in [2.05, 4.69) is 20.4 Å². The zero-order valence-corrected chi connectivity index (χ0v) is 16.0. The molecule has 1 N–H and O–H groups in total. The molecule has 0 spiro atoms. The molecule has 7 heteroatoms. The zero-order valence-electron chi connectivity index (χ0n) is 16.0. The number of rotatable bonds is 5. The molecule has 0 radical (unpaired) electrons. The van der Waals surface area contributed by atoms with E-state index in [9.17, 15) is 9.59 Å². The van der Waals surface area contributed by atoms with Crippen LogP contribution in [0.5, 0.6) is 0 Å². The fraction of sp³-hybridized carbons (Fsp3) is 0.136. The van der Waals surface area contributed by atoms with Gasteiger partial charge in [-0.25, -0.2) is 9.50 Å². The van der Waals surface area contributed by atoms with Crippen LogP contribution in [0.25, 0.3) is 5.65 Å². The summed E-state index contributed by atoms with van der Waals surface area (Å²) in [6.07, 6.45) is 4.93. The number of aryl methyl sites for hydroxylation is 1. The summed E-state index contributed by atoms with van der Waals surface area (Å²) in [4.78, 5) is 33.2. The first-order chi connectivity index (χ1) is 14.0. The number of amides is 1. The molecular formula is C22H19N5O2. The van der Waals surface area contributed by atoms with Gasteiger partial charge in [0.05, 0.1) is 17.3 Å². The molecule has 0 fully saturated rings. The Hall–Kier alpha value is -3.87. The maximum absolute atomic E-state index is 13.0. The van der Waals surface area contributed by atoms with Gasteiger partial charge in [0.15, 0.2) is 17.1 Å². The van der Waals surface area contributed by atoms with Gasteiger partial charge < -0.3 is 5.32 Å². The molecule has 0 saturated heterocycles. The third kappa shape index (κ3) is 3.62. The van der Waals surface area contributed by atoms with Crippen molar-refractivity contribution in [3.63, 3.8) is 0 Å². The summed E-state index contributed by atoms with van der Waals surface area (Å²) in [7, 11) is 0. The van der Waals surface area contributed by atoms with Crippen molar-refractivity contribution < 1.29 is 9.59 Å². The molecule has 0 aliphatic heterocycles. The molecule has 4 aromatic rings. The van der Waals surface area contributed by atoms with Crippen molar-refractivity contribution in [2.24, 2.45) is 0 Å². The van der Waals surface area contributed by atoms with Crippen molar-refractivity contribution in [2.45, 2.75) is 19.9 Å². The highest BCUT2D eigenvalue weighted by Gasteiger charge is 2.21. The molecule has 3 aromatic heterocycles. The Morgan fingerprint density at radius 1 is 1.03 bits per heavy atom. The first kappa shape index (κ1) is 18.5. The van der Waals surface area contributed by atoms with Crippen LogP contribution in [0, 0.1) is 6.92 Å². The Morgan fingerprint density at radius 3 is 2.48 bits per heavy atom. The third-order valence-electron chi connectivity index (χ3n) is 4.76. The van der Waals surface area contributed by atoms with E-state index in [-0.39, 0.29) is 23.4 Å². The molecule has 0 aliphatic carbocycles. The number of ketones is 1. The van der Waals surface area contributed by atoms with Crippen LogP contribution >= 0.6 is 0 Å². The Balaban J connectivity index is 1.69. The fourth-order valence-corrected chi connectivity index (χ4v) is 3.26. The Labute approximate surface area is 167 Å². The minimum atomic E-state index is -0.371. The second-order valence-corrected chi connectivity index (χ2v) is 6.72. The summed E-state index contributed by atoms with van der Waals surface area (Å²) < 4.78 is 1.52. The van der Waals surface area contributed by atoms with Gasteiger partial charge in [-0.15, -0.1) is 0 Å². The van der Waals surface area contributed by atoms with E-state index in [4.69, 9.17) is 0 Å². The number of hydrogen-bond donors (Lipinski definition) is 1. The lowest BCUT2D eigenvalue weighted by Gasteiger charge is -2.18. The summed E-state index contributed by atoms with van der Waals surface area (Å²) in [5.74, 6) is -0.434. The molecular weight excluding hydrogens is 366 g/mol. The number of Topliss-reactive ketones (excluding diaryl/α,β-unsaturated/α-hetero) is 1. The number of hydrogen-bond acceptors (Lipinski definition) is 5. The fourth-order valence-electron chi connectivity index (χ4n) is 3.26. The molecule has 1 amide bonds. The number of pyridine rings is 1. The Bertz CT molecular complexity index is 1150. The van der Waals surface area contributed by atoms with Gasteiger partial charge in [0, 0.05) is 24.7 Å². The van der Waals surface area contributed by atoms with E-state index < -0.39 is 0 Å². The van der Waals surface area contributed by atoms with Crippen molar-refractivity contribution in [1.29, 1.82) is 0 Å². The van der Waals surface area contributed by atoms with Gasteiger partial charge in [-0.1, -0.05) is 36.4 Å². The number of aromatic nitrogens is 4. The zero-order chi connectivity index (χ0) is 20.4. The lowest BCUT2D eigenvalue weighted by molar-refractivity contribution is 0.0937. The van der Waals surface area contributed by atoms with E-state index in [0.29, 0.717) is 16.9 Å². The maximum atomic E-state index is 13.0. The molecule has 29 heavy (non-hydrogen) atoms. The van der Waals surface area contributed by atoms with Crippen molar-refractivity contribution in [3.8, 4) is 0 Å². The van der Waals surface area contributed by atoms with Crippen LogP contribution in [0.3, 0.4) is 0 Å². The SMILES string of the molecule is CC(=O)c1cnc2cc(C(=O)N[C@@H](c3ccccc3)c3cccnc3)nn2c1C. The quantitative estimate of drug-likeness (QED) is 0.533. The molecule has 4 rings (SSSR count). The average molecular weight is 385 g/mol. The molecule has 0 saturated carbocycles. The first-order valence-corrected chi connectivity index (χ1v) is 9.16. The van der Waals surface area contributed by atoms with Crippen molar-refractivity contribution >= 4 is 17.3 Å². The highest BCUT2D eigenvalue weighted by molar-refractivity contribution is 5.96. The van der Waals surface area contributed by atoms with Gasteiger partial charge in [-0.3, -0.25) is 14.6 Å². The van der Waals surface area contributed by atoms with Crippen LogP contribution in [0.15, 0.2) is 67.1 Å². The van der Waals surface area contributed by atoms with Crippen LogP contribution in [0.1, 0.15) is 50.6 Å². The normalized spacial score (nSPS) is 11.9. The molecule has 7 nitrogen and oxygen atoms in total. The standard InChI is InChI=1S/C22H19N5O2/c1-14-18(15(2)28)13-24-20-11-19(26-27(14)20)22(29)25-21(16-7-4-3-5-8-16)17-9-6-10-23-12-17/h3-13,21H,1-2H3,(H,25,29)/t21-/m0/s1. The second kappa shape index (κ2) is 7.63. The highest BCUT2D eigenvalue weighted by atomic mass is 16.2. The first-order valence-electron chi connectivity index (χ1n) is 9.16. The Kier molecular flexibility index (Phi) is 4.87. The molecule has 144 valence electrons. The number of nitrogens with one attached hydrogen (secondary N) is 1. The van der Waals surface area contributed by atoms with E-state index in [1.807, 2.05) is 42.5 Å². The summed E-state index contributed by atoms with van der Waals surface area (Å²) in [6, 6.07) is 14.7. The third-order valence-corrected chi connectivity index (χ3v) is 4.76. The molecule has 1 aromatic carbocycles. The van der Waals surface area contributed by atoms with Gasteiger partial charge in [0.25, 0.3) is 5.91 Å². The lowest BCUT2D eigenvalue weighted by atomic mass is 10.00. The largest absolute Gasteiger partial charge is 0.340 e. The molecule has 0 unspecified atom stereocenters. The van der Waals surface area contributed by atoms with Gasteiger partial charge in [-0.2, -0.15) is 5.10 Å². The molecule has 0 aliphatic rings. The molecule has 1 atom stereocenters. The highest BCUT2D eigenvalue weighted by Crippen LogP contribution is 2.22. The minimum Gasteiger partial charge on any atom is -0.340 e. The predicted octanol–water partition coefficient (Wildman–Crippen LogP) is 3.15. The van der Waals surface area contributed by atoms with E-state index in [1.54, 1.807) is 25.4 Å². The van der Waals surface area contributed by atoms with Crippen LogP contribution in [-0.2, 0) is 0 Å². The number of fused-ring (bicyclic) bond motifs is 1. The van der Waals surface area contributed by atoms with Gasteiger partial charge in [0.2, 0.25) is 0 Å². The molecule has 0 bridgehead atoms. The van der Waals surface area contributed by atoms with Crippen molar-refractivity contribution in [2.75, 3.05) is 0 Å². The topological polar surface area (TPSA) is 89.2 Å². The second-order valence-electron chi connectivity index (χ2n) is 6.72. The van der Waals surface area contributed by atoms with E-state index in [1.165, 1.54) is 17.6 Å². The number of carbonyl (C=O) groups excluding carboxylic acids is 2. The number of carbonyl (C=O) groups is 2. The minimum absolute atomic E-state index is 0.0980.